The van der Waals surface area contributed by atoms with Crippen molar-refractivity contribution in [2.24, 2.45) is 0 Å². The topological polar surface area (TPSA) is 28.7 Å². The SMILES string of the molecule is CCc1c[nH]nc1-c1ccccc1F. The van der Waals surface area contributed by atoms with Gasteiger partial charge in [0.1, 0.15) is 5.82 Å². The number of aromatic nitrogens is 2. The second kappa shape index (κ2) is 3.62. The third-order valence-electron chi connectivity index (χ3n) is 2.23. The monoisotopic (exact) mass is 190 g/mol. The number of benzene rings is 1. The van der Waals surface area contributed by atoms with Crippen LogP contribution in [0.3, 0.4) is 0 Å². The first-order valence-electron chi connectivity index (χ1n) is 4.60. The molecule has 1 heterocycles. The molecule has 72 valence electrons. The number of nitrogens with zero attached hydrogens (tertiary/aromatic N) is 1. The van der Waals surface area contributed by atoms with Gasteiger partial charge in [-0.15, -0.1) is 0 Å². The molecule has 0 atom stereocenters. The summed E-state index contributed by atoms with van der Waals surface area (Å²) in [4.78, 5) is 0. The lowest BCUT2D eigenvalue weighted by molar-refractivity contribution is 0.630. The van der Waals surface area contributed by atoms with Crippen LogP contribution in [0.5, 0.6) is 0 Å². The molecule has 2 rings (SSSR count). The Morgan fingerprint density at radius 3 is 2.86 bits per heavy atom. The fourth-order valence-corrected chi connectivity index (χ4v) is 1.47. The Bertz CT molecular complexity index is 434. The number of halogens is 1. The van der Waals surface area contributed by atoms with Crippen LogP contribution < -0.4 is 0 Å². The molecule has 0 aliphatic heterocycles. The Morgan fingerprint density at radius 2 is 2.14 bits per heavy atom. The van der Waals surface area contributed by atoms with Gasteiger partial charge in [0.15, 0.2) is 0 Å². The molecule has 0 unspecified atom stereocenters. The number of rotatable bonds is 2. The average Bonchev–Trinajstić information content (AvgIpc) is 2.66. The average molecular weight is 190 g/mol. The van der Waals surface area contributed by atoms with E-state index in [-0.39, 0.29) is 5.82 Å². The largest absolute Gasteiger partial charge is 0.285 e. The quantitative estimate of drug-likeness (QED) is 0.775. The Balaban J connectivity index is 2.54. The molecule has 0 radical (unpaired) electrons. The second-order valence-corrected chi connectivity index (χ2v) is 3.09. The van der Waals surface area contributed by atoms with Gasteiger partial charge < -0.3 is 0 Å². The van der Waals surface area contributed by atoms with E-state index in [1.807, 2.05) is 19.2 Å². The molecule has 2 aromatic rings. The second-order valence-electron chi connectivity index (χ2n) is 3.09. The fraction of sp³-hybridized carbons (Fsp3) is 0.182. The highest BCUT2D eigenvalue weighted by atomic mass is 19.1. The zero-order valence-electron chi connectivity index (χ0n) is 7.92. The molecule has 0 fully saturated rings. The van der Waals surface area contributed by atoms with Gasteiger partial charge in [0.2, 0.25) is 0 Å². The van der Waals surface area contributed by atoms with Crippen LogP contribution in [0.25, 0.3) is 11.3 Å². The Morgan fingerprint density at radius 1 is 1.36 bits per heavy atom. The van der Waals surface area contributed by atoms with Crippen LogP contribution in [0.15, 0.2) is 30.5 Å². The normalized spacial score (nSPS) is 10.4. The minimum Gasteiger partial charge on any atom is -0.285 e. The fourth-order valence-electron chi connectivity index (χ4n) is 1.47. The van der Waals surface area contributed by atoms with Crippen molar-refractivity contribution in [1.29, 1.82) is 0 Å². The maximum atomic E-state index is 13.4. The van der Waals surface area contributed by atoms with Crippen LogP contribution >= 0.6 is 0 Å². The van der Waals surface area contributed by atoms with Gasteiger partial charge >= 0.3 is 0 Å². The highest BCUT2D eigenvalue weighted by molar-refractivity contribution is 5.63. The molecule has 1 aromatic carbocycles. The molecule has 1 aromatic heterocycles. The third-order valence-corrected chi connectivity index (χ3v) is 2.23. The minimum absolute atomic E-state index is 0.227. The van der Waals surface area contributed by atoms with Gasteiger partial charge in [-0.2, -0.15) is 5.10 Å². The molecule has 0 amide bonds. The molecular weight excluding hydrogens is 179 g/mol. The zero-order chi connectivity index (χ0) is 9.97. The first-order valence-corrected chi connectivity index (χ1v) is 4.60. The highest BCUT2D eigenvalue weighted by Gasteiger charge is 2.10. The van der Waals surface area contributed by atoms with Crippen LogP contribution in [0.1, 0.15) is 12.5 Å². The maximum Gasteiger partial charge on any atom is 0.132 e. The van der Waals surface area contributed by atoms with Crippen molar-refractivity contribution in [3.63, 3.8) is 0 Å². The minimum atomic E-state index is -0.227. The molecule has 0 saturated carbocycles. The molecule has 2 nitrogen and oxygen atoms in total. The number of hydrogen-bond donors (Lipinski definition) is 1. The summed E-state index contributed by atoms with van der Waals surface area (Å²) in [6.45, 7) is 2.02. The lowest BCUT2D eigenvalue weighted by Gasteiger charge is -2.00. The molecule has 0 bridgehead atoms. The highest BCUT2D eigenvalue weighted by Crippen LogP contribution is 2.23. The lowest BCUT2D eigenvalue weighted by atomic mass is 10.1. The molecule has 1 N–H and O–H groups in total. The summed E-state index contributed by atoms with van der Waals surface area (Å²) in [5.41, 5.74) is 2.31. The first kappa shape index (κ1) is 8.94. The van der Waals surface area contributed by atoms with Crippen LogP contribution in [0.4, 0.5) is 4.39 Å². The van der Waals surface area contributed by atoms with Crippen molar-refractivity contribution in [3.05, 3.63) is 41.8 Å². The number of nitrogens with one attached hydrogen (secondary N) is 1. The molecular formula is C11H11FN2. The molecule has 14 heavy (non-hydrogen) atoms. The Kier molecular flexibility index (Phi) is 2.31. The maximum absolute atomic E-state index is 13.4. The summed E-state index contributed by atoms with van der Waals surface area (Å²) >= 11 is 0. The van der Waals surface area contributed by atoms with Gasteiger partial charge in [-0.05, 0) is 24.1 Å². The lowest BCUT2D eigenvalue weighted by Crippen LogP contribution is -1.87. The Hall–Kier alpha value is -1.64. The van der Waals surface area contributed by atoms with Crippen molar-refractivity contribution in [2.75, 3.05) is 0 Å². The van der Waals surface area contributed by atoms with Crippen LogP contribution in [0.2, 0.25) is 0 Å². The van der Waals surface area contributed by atoms with E-state index in [1.54, 1.807) is 12.1 Å². The van der Waals surface area contributed by atoms with Crippen LogP contribution in [-0.2, 0) is 6.42 Å². The zero-order valence-corrected chi connectivity index (χ0v) is 7.92. The van der Waals surface area contributed by atoms with Gasteiger partial charge in [-0.25, -0.2) is 4.39 Å². The number of aryl methyl sites for hydroxylation is 1. The molecule has 0 saturated heterocycles. The van der Waals surface area contributed by atoms with Crippen LogP contribution in [-0.4, -0.2) is 10.2 Å². The van der Waals surface area contributed by atoms with Gasteiger partial charge in [0.05, 0.1) is 5.69 Å². The van der Waals surface area contributed by atoms with E-state index in [0.717, 1.165) is 12.0 Å². The van der Waals surface area contributed by atoms with E-state index in [9.17, 15) is 4.39 Å². The standard InChI is InChI=1S/C11H11FN2/c1-2-8-7-13-14-11(8)9-5-3-4-6-10(9)12/h3-7H,2H2,1H3,(H,13,14). The Labute approximate surface area is 81.8 Å². The van der Waals surface area contributed by atoms with E-state index in [4.69, 9.17) is 0 Å². The van der Waals surface area contributed by atoms with Gasteiger partial charge in [0.25, 0.3) is 0 Å². The van der Waals surface area contributed by atoms with Gasteiger partial charge in [-0.3, -0.25) is 5.10 Å². The predicted octanol–water partition coefficient (Wildman–Crippen LogP) is 2.78. The third kappa shape index (κ3) is 1.41. The first-order chi connectivity index (χ1) is 6.83. The predicted molar refractivity (Wildman–Crippen MR) is 53.4 cm³/mol. The van der Waals surface area contributed by atoms with E-state index in [0.29, 0.717) is 11.3 Å². The van der Waals surface area contributed by atoms with E-state index in [1.165, 1.54) is 6.07 Å². The number of aromatic amines is 1. The van der Waals surface area contributed by atoms with Crippen LogP contribution in [0, 0.1) is 5.82 Å². The summed E-state index contributed by atoms with van der Waals surface area (Å²) in [6, 6.07) is 6.68. The number of H-pyrrole nitrogens is 1. The van der Waals surface area contributed by atoms with Crippen molar-refractivity contribution < 1.29 is 4.39 Å². The summed E-state index contributed by atoms with van der Waals surface area (Å²) in [5.74, 6) is -0.227. The summed E-state index contributed by atoms with van der Waals surface area (Å²) < 4.78 is 13.4. The molecule has 0 aliphatic rings. The van der Waals surface area contributed by atoms with Crippen molar-refractivity contribution in [1.82, 2.24) is 10.2 Å². The van der Waals surface area contributed by atoms with Gasteiger partial charge in [0, 0.05) is 11.8 Å². The summed E-state index contributed by atoms with van der Waals surface area (Å²) in [7, 11) is 0. The van der Waals surface area contributed by atoms with E-state index < -0.39 is 0 Å². The van der Waals surface area contributed by atoms with E-state index in [2.05, 4.69) is 10.2 Å². The summed E-state index contributed by atoms with van der Waals surface area (Å²) in [5, 5.41) is 6.81. The molecule has 0 spiro atoms. The number of hydrogen-bond acceptors (Lipinski definition) is 1. The van der Waals surface area contributed by atoms with E-state index >= 15 is 0 Å². The van der Waals surface area contributed by atoms with Crippen molar-refractivity contribution in [3.8, 4) is 11.3 Å². The smallest absolute Gasteiger partial charge is 0.132 e. The van der Waals surface area contributed by atoms with Gasteiger partial charge in [-0.1, -0.05) is 19.1 Å². The van der Waals surface area contributed by atoms with Crippen molar-refractivity contribution in [2.45, 2.75) is 13.3 Å². The summed E-state index contributed by atoms with van der Waals surface area (Å²) in [6.07, 6.45) is 2.65. The van der Waals surface area contributed by atoms with Crippen molar-refractivity contribution >= 4 is 0 Å². The molecule has 0 aliphatic carbocycles. The molecule has 3 heteroatoms.